The Bertz CT molecular complexity index is 800. The highest BCUT2D eigenvalue weighted by Gasteiger charge is 2.31. The molecule has 2 fully saturated rings. The van der Waals surface area contributed by atoms with Crippen LogP contribution in [0.4, 0.5) is 5.69 Å². The molecule has 2 heterocycles. The van der Waals surface area contributed by atoms with Gasteiger partial charge in [0.25, 0.3) is 11.6 Å². The predicted octanol–water partition coefficient (Wildman–Crippen LogP) is 3.04. The fraction of sp³-hybridized carbons (Fsp3) is 0.619. The minimum absolute atomic E-state index is 0.0580. The van der Waals surface area contributed by atoms with Crippen LogP contribution in [-0.2, 0) is 4.79 Å². The smallest absolute Gasteiger partial charge is 0.283 e. The van der Waals surface area contributed by atoms with Gasteiger partial charge in [0.05, 0.1) is 4.92 Å². The number of rotatable bonds is 5. The number of hydrogen-bond donors (Lipinski definition) is 0. The summed E-state index contributed by atoms with van der Waals surface area (Å²) in [4.78, 5) is 42.0. The zero-order valence-electron chi connectivity index (χ0n) is 17.6. The third-order valence-corrected chi connectivity index (χ3v) is 6.53. The number of hydrogen-bond acceptors (Lipinski definition) is 5. The number of carbonyl (C=O) groups excluding carboxylic acids is 2. The molecule has 2 amide bonds. The zero-order valence-corrected chi connectivity index (χ0v) is 18.3. The zero-order chi connectivity index (χ0) is 21.8. The lowest BCUT2D eigenvalue weighted by Crippen LogP contribution is -2.45. The molecular weight excluding hydrogens is 408 g/mol. The van der Waals surface area contributed by atoms with Gasteiger partial charge in [-0.25, -0.2) is 0 Å². The van der Waals surface area contributed by atoms with Gasteiger partial charge in [0.1, 0.15) is 5.56 Å². The summed E-state index contributed by atoms with van der Waals surface area (Å²) in [5.74, 6) is 0.0903. The van der Waals surface area contributed by atoms with Crippen molar-refractivity contribution in [3.8, 4) is 0 Å². The van der Waals surface area contributed by atoms with Gasteiger partial charge in [-0.05, 0) is 57.8 Å². The van der Waals surface area contributed by atoms with Crippen LogP contribution in [0.3, 0.4) is 0 Å². The van der Waals surface area contributed by atoms with Gasteiger partial charge in [0.15, 0.2) is 0 Å². The second-order valence-electron chi connectivity index (χ2n) is 8.43. The van der Waals surface area contributed by atoms with Gasteiger partial charge < -0.3 is 14.7 Å². The number of nitro groups is 1. The summed E-state index contributed by atoms with van der Waals surface area (Å²) in [5.41, 5.74) is -0.214. The molecule has 2 aliphatic rings. The van der Waals surface area contributed by atoms with Gasteiger partial charge in [-0.3, -0.25) is 19.7 Å². The molecule has 164 valence electrons. The largest absolute Gasteiger partial charge is 0.343 e. The van der Waals surface area contributed by atoms with E-state index in [0.29, 0.717) is 25.6 Å². The van der Waals surface area contributed by atoms with Crippen LogP contribution in [0.1, 0.15) is 42.5 Å². The summed E-state index contributed by atoms with van der Waals surface area (Å²) in [5, 5.41) is 11.5. The number of nitrogens with zero attached hydrogens (tertiary/aromatic N) is 4. The Morgan fingerprint density at radius 2 is 1.70 bits per heavy atom. The SMILES string of the molecule is CN(C)C1CCN(C(=O)CC2CCN(C(=O)c3ccc(Cl)cc3[N+](=O)[O-])CC2)CC1. The first-order valence-corrected chi connectivity index (χ1v) is 10.8. The van der Waals surface area contributed by atoms with Gasteiger partial charge in [0.2, 0.25) is 5.91 Å². The van der Waals surface area contributed by atoms with Crippen LogP contribution in [-0.4, -0.2) is 77.8 Å². The van der Waals surface area contributed by atoms with Crippen LogP contribution in [0.15, 0.2) is 18.2 Å². The topological polar surface area (TPSA) is 87.0 Å². The van der Waals surface area contributed by atoms with E-state index in [4.69, 9.17) is 11.6 Å². The van der Waals surface area contributed by atoms with Crippen molar-refractivity contribution in [3.05, 3.63) is 38.9 Å². The molecule has 0 unspecified atom stereocenters. The van der Waals surface area contributed by atoms with E-state index in [2.05, 4.69) is 19.0 Å². The van der Waals surface area contributed by atoms with E-state index in [1.807, 2.05) is 4.90 Å². The van der Waals surface area contributed by atoms with Crippen LogP contribution in [0, 0.1) is 16.0 Å². The normalized spacial score (nSPS) is 18.7. The molecule has 0 N–H and O–H groups in total. The molecule has 2 aliphatic heterocycles. The van der Waals surface area contributed by atoms with Crippen molar-refractivity contribution in [2.24, 2.45) is 5.92 Å². The van der Waals surface area contributed by atoms with Crippen LogP contribution in [0.25, 0.3) is 0 Å². The second kappa shape index (κ2) is 9.75. The standard InChI is InChI=1S/C21H29ClN4O4/c1-23(2)17-7-11-24(12-8-17)20(27)13-15-5-9-25(10-6-15)21(28)18-4-3-16(22)14-19(18)26(29)30/h3-4,14-15,17H,5-13H2,1-2H3. The lowest BCUT2D eigenvalue weighted by atomic mass is 9.92. The Labute approximate surface area is 181 Å². The van der Waals surface area contributed by atoms with Crippen molar-refractivity contribution in [3.63, 3.8) is 0 Å². The molecule has 0 saturated carbocycles. The molecule has 3 rings (SSSR count). The van der Waals surface area contributed by atoms with E-state index < -0.39 is 4.92 Å². The molecule has 0 aliphatic carbocycles. The van der Waals surface area contributed by atoms with Gasteiger partial charge >= 0.3 is 0 Å². The number of piperidine rings is 2. The lowest BCUT2D eigenvalue weighted by molar-refractivity contribution is -0.385. The Kier molecular flexibility index (Phi) is 7.31. The van der Waals surface area contributed by atoms with E-state index in [9.17, 15) is 19.7 Å². The Morgan fingerprint density at radius 1 is 1.10 bits per heavy atom. The predicted molar refractivity (Wildman–Crippen MR) is 115 cm³/mol. The van der Waals surface area contributed by atoms with Crippen molar-refractivity contribution < 1.29 is 14.5 Å². The molecule has 8 nitrogen and oxygen atoms in total. The van der Waals surface area contributed by atoms with Crippen molar-refractivity contribution in [2.75, 3.05) is 40.3 Å². The van der Waals surface area contributed by atoms with E-state index >= 15 is 0 Å². The van der Waals surface area contributed by atoms with Gasteiger partial charge in [-0.15, -0.1) is 0 Å². The summed E-state index contributed by atoms with van der Waals surface area (Å²) in [6.07, 6.45) is 3.98. The fourth-order valence-electron chi connectivity index (χ4n) is 4.35. The van der Waals surface area contributed by atoms with Crippen molar-refractivity contribution in [1.29, 1.82) is 0 Å². The van der Waals surface area contributed by atoms with Gasteiger partial charge in [-0.1, -0.05) is 11.6 Å². The van der Waals surface area contributed by atoms with E-state index in [1.165, 1.54) is 18.2 Å². The Hall–Kier alpha value is -2.19. The Balaban J connectivity index is 1.51. The lowest BCUT2D eigenvalue weighted by Gasteiger charge is -2.37. The molecule has 0 atom stereocenters. The first-order valence-electron chi connectivity index (χ1n) is 10.4. The third kappa shape index (κ3) is 5.29. The van der Waals surface area contributed by atoms with E-state index in [-0.39, 0.29) is 34.0 Å². The minimum atomic E-state index is -0.579. The first-order chi connectivity index (χ1) is 14.3. The quantitative estimate of drug-likeness (QED) is 0.523. The maximum atomic E-state index is 12.8. The number of halogens is 1. The molecule has 1 aromatic rings. The summed E-state index contributed by atoms with van der Waals surface area (Å²) in [7, 11) is 4.16. The maximum Gasteiger partial charge on any atom is 0.283 e. The number of benzene rings is 1. The number of likely N-dealkylation sites (tertiary alicyclic amines) is 2. The highest BCUT2D eigenvalue weighted by atomic mass is 35.5. The van der Waals surface area contributed by atoms with Gasteiger partial charge in [-0.2, -0.15) is 0 Å². The highest BCUT2D eigenvalue weighted by Crippen LogP contribution is 2.28. The fourth-order valence-corrected chi connectivity index (χ4v) is 4.52. The monoisotopic (exact) mass is 436 g/mol. The molecule has 0 bridgehead atoms. The minimum Gasteiger partial charge on any atom is -0.343 e. The average Bonchev–Trinajstić information content (AvgIpc) is 2.73. The molecule has 0 aromatic heterocycles. The summed E-state index contributed by atoms with van der Waals surface area (Å²) in [6.45, 7) is 2.61. The number of nitro benzene ring substituents is 1. The highest BCUT2D eigenvalue weighted by molar-refractivity contribution is 6.31. The van der Waals surface area contributed by atoms with Crippen LogP contribution in [0.5, 0.6) is 0 Å². The molecule has 30 heavy (non-hydrogen) atoms. The van der Waals surface area contributed by atoms with Crippen LogP contribution in [0.2, 0.25) is 5.02 Å². The van der Waals surface area contributed by atoms with Crippen molar-refractivity contribution in [2.45, 2.75) is 38.1 Å². The number of carbonyl (C=O) groups is 2. The molecule has 9 heteroatoms. The van der Waals surface area contributed by atoms with Crippen LogP contribution < -0.4 is 0 Å². The van der Waals surface area contributed by atoms with Crippen molar-refractivity contribution in [1.82, 2.24) is 14.7 Å². The first kappa shape index (κ1) is 22.5. The molecule has 0 spiro atoms. The summed E-state index contributed by atoms with van der Waals surface area (Å²) < 4.78 is 0. The van der Waals surface area contributed by atoms with Crippen LogP contribution >= 0.6 is 11.6 Å². The summed E-state index contributed by atoms with van der Waals surface area (Å²) in [6, 6.07) is 4.66. The molecule has 1 aromatic carbocycles. The summed E-state index contributed by atoms with van der Waals surface area (Å²) >= 11 is 5.84. The van der Waals surface area contributed by atoms with E-state index in [1.54, 1.807) is 4.90 Å². The molecular formula is C21H29ClN4O4. The number of amides is 2. The second-order valence-corrected chi connectivity index (χ2v) is 8.87. The maximum absolute atomic E-state index is 12.8. The molecule has 0 radical (unpaired) electrons. The average molecular weight is 437 g/mol. The Morgan fingerprint density at radius 3 is 2.27 bits per heavy atom. The van der Waals surface area contributed by atoms with Gasteiger partial charge in [0, 0.05) is 49.7 Å². The van der Waals surface area contributed by atoms with E-state index in [0.717, 1.165) is 38.8 Å². The van der Waals surface area contributed by atoms with Crippen molar-refractivity contribution >= 4 is 29.1 Å². The third-order valence-electron chi connectivity index (χ3n) is 6.30. The molecule has 2 saturated heterocycles.